The largest absolute Gasteiger partial charge is 0.487 e. The fourth-order valence-electron chi connectivity index (χ4n) is 4.13. The molecule has 0 aliphatic carbocycles. The van der Waals surface area contributed by atoms with Gasteiger partial charge in [0.2, 0.25) is 0 Å². The average Bonchev–Trinajstić information content (AvgIpc) is 3.25. The number of hydrogen-bond donors (Lipinski definition) is 0. The van der Waals surface area contributed by atoms with Gasteiger partial charge < -0.3 is 4.74 Å². The Kier molecular flexibility index (Phi) is 5.14. The van der Waals surface area contributed by atoms with E-state index in [0.717, 1.165) is 11.4 Å². The molecule has 0 saturated heterocycles. The highest BCUT2D eigenvalue weighted by atomic mass is 16.5. The van der Waals surface area contributed by atoms with E-state index in [1.54, 1.807) is 0 Å². The van der Waals surface area contributed by atoms with Crippen molar-refractivity contribution in [1.29, 1.82) is 0 Å². The highest BCUT2D eigenvalue weighted by molar-refractivity contribution is 6.02. The normalized spacial score (nSPS) is 11.8. The Balaban J connectivity index is 1.36. The number of nitrogens with zero attached hydrogens (tertiary/aromatic N) is 3. The van der Waals surface area contributed by atoms with Crippen molar-refractivity contribution in [2.45, 2.75) is 39.3 Å². The van der Waals surface area contributed by atoms with E-state index < -0.39 is 0 Å². The Hall–Kier alpha value is -3.66. The smallest absolute Gasteiger partial charge is 0.134 e. The third-order valence-corrected chi connectivity index (χ3v) is 5.90. The Morgan fingerprint density at radius 1 is 0.812 bits per heavy atom. The van der Waals surface area contributed by atoms with Crippen LogP contribution in [0.25, 0.3) is 21.5 Å². The van der Waals surface area contributed by atoms with Gasteiger partial charge in [0.1, 0.15) is 18.1 Å². The van der Waals surface area contributed by atoms with Gasteiger partial charge in [-0.05, 0) is 56.3 Å². The molecule has 5 rings (SSSR count). The predicted octanol–water partition coefficient (Wildman–Crippen LogP) is 6.51. The minimum absolute atomic E-state index is 0.132. The number of ether oxygens (including phenoxy) is 1. The maximum absolute atomic E-state index is 5.95. The molecule has 160 valence electrons. The van der Waals surface area contributed by atoms with Crippen molar-refractivity contribution >= 4 is 21.5 Å². The summed E-state index contributed by atoms with van der Waals surface area (Å²) in [7, 11) is 0. The molecule has 0 saturated carbocycles. The molecule has 0 radical (unpaired) electrons. The van der Waals surface area contributed by atoms with Gasteiger partial charge in [-0.25, -0.2) is 4.68 Å². The lowest BCUT2D eigenvalue weighted by molar-refractivity contribution is 0.301. The lowest BCUT2D eigenvalue weighted by Crippen LogP contribution is -2.10. The standard InChI is InChI=1S/C28H27N3O/c1-28(2,3)22-12-14-24(15-13-22)32-19-23-17-31(30-29-23)18-27-25-10-6-4-8-20(25)16-21-9-5-7-11-26(21)27/h4-17H,18-19H2,1-3H3. The fraction of sp³-hybridized carbons (Fsp3) is 0.214. The molecule has 32 heavy (non-hydrogen) atoms. The molecule has 0 bridgehead atoms. The quantitative estimate of drug-likeness (QED) is 0.304. The van der Waals surface area contributed by atoms with Crippen LogP contribution in [0.3, 0.4) is 0 Å². The van der Waals surface area contributed by atoms with E-state index >= 15 is 0 Å². The maximum Gasteiger partial charge on any atom is 0.134 e. The van der Waals surface area contributed by atoms with Gasteiger partial charge >= 0.3 is 0 Å². The highest BCUT2D eigenvalue weighted by Gasteiger charge is 2.13. The molecule has 0 aliphatic rings. The Labute approximate surface area is 188 Å². The van der Waals surface area contributed by atoms with Crippen LogP contribution in [0.1, 0.15) is 37.6 Å². The maximum atomic E-state index is 5.95. The van der Waals surface area contributed by atoms with Crippen molar-refractivity contribution in [1.82, 2.24) is 15.0 Å². The van der Waals surface area contributed by atoms with Gasteiger partial charge in [-0.15, -0.1) is 5.10 Å². The minimum atomic E-state index is 0.132. The second-order valence-electron chi connectivity index (χ2n) is 9.27. The van der Waals surface area contributed by atoms with Gasteiger partial charge in [-0.3, -0.25) is 0 Å². The molecule has 0 N–H and O–H groups in total. The van der Waals surface area contributed by atoms with Gasteiger partial charge in [0, 0.05) is 0 Å². The summed E-state index contributed by atoms with van der Waals surface area (Å²) in [5, 5.41) is 13.7. The number of aromatic nitrogens is 3. The molecular formula is C28H27N3O. The number of benzene rings is 4. The molecule has 4 nitrogen and oxygen atoms in total. The van der Waals surface area contributed by atoms with Crippen LogP contribution in [0.5, 0.6) is 5.75 Å². The SMILES string of the molecule is CC(C)(C)c1ccc(OCc2cn(Cc3c4ccccc4cc4ccccc34)nn2)cc1. The summed E-state index contributed by atoms with van der Waals surface area (Å²) in [4.78, 5) is 0. The molecule has 4 heteroatoms. The third kappa shape index (κ3) is 4.09. The van der Waals surface area contributed by atoms with E-state index in [9.17, 15) is 0 Å². The van der Waals surface area contributed by atoms with Gasteiger partial charge in [-0.2, -0.15) is 0 Å². The summed E-state index contributed by atoms with van der Waals surface area (Å²) in [6.45, 7) is 7.68. The second-order valence-corrected chi connectivity index (χ2v) is 9.27. The van der Waals surface area contributed by atoms with Crippen LogP contribution in [-0.2, 0) is 18.6 Å². The molecule has 1 heterocycles. The molecule has 1 aromatic heterocycles. The van der Waals surface area contributed by atoms with E-state index in [1.807, 2.05) is 23.0 Å². The molecule has 0 amide bonds. The average molecular weight is 422 g/mol. The number of rotatable bonds is 5. The van der Waals surface area contributed by atoms with Crippen molar-refractivity contribution in [3.63, 3.8) is 0 Å². The first-order valence-electron chi connectivity index (χ1n) is 11.0. The topological polar surface area (TPSA) is 39.9 Å². The molecule has 4 aromatic carbocycles. The Morgan fingerprint density at radius 2 is 1.44 bits per heavy atom. The summed E-state index contributed by atoms with van der Waals surface area (Å²) in [5.74, 6) is 0.840. The zero-order valence-corrected chi connectivity index (χ0v) is 18.7. The first-order chi connectivity index (χ1) is 15.5. The van der Waals surface area contributed by atoms with Gasteiger partial charge in [0.15, 0.2) is 0 Å². The lowest BCUT2D eigenvalue weighted by Gasteiger charge is -2.19. The molecule has 0 unspecified atom stereocenters. The Bertz CT molecular complexity index is 1320. The van der Waals surface area contributed by atoms with Crippen LogP contribution in [-0.4, -0.2) is 15.0 Å². The van der Waals surface area contributed by atoms with Crippen molar-refractivity contribution < 1.29 is 4.74 Å². The zero-order valence-electron chi connectivity index (χ0n) is 18.7. The van der Waals surface area contributed by atoms with E-state index in [2.05, 4.69) is 97.8 Å². The van der Waals surface area contributed by atoms with Crippen LogP contribution in [0.4, 0.5) is 0 Å². The van der Waals surface area contributed by atoms with Crippen molar-refractivity contribution in [2.24, 2.45) is 0 Å². The van der Waals surface area contributed by atoms with Gasteiger partial charge in [-0.1, -0.05) is 86.6 Å². The highest BCUT2D eigenvalue weighted by Crippen LogP contribution is 2.29. The zero-order chi connectivity index (χ0) is 22.1. The third-order valence-electron chi connectivity index (χ3n) is 5.90. The van der Waals surface area contributed by atoms with E-state index in [0.29, 0.717) is 13.2 Å². The molecule has 0 spiro atoms. The first-order valence-corrected chi connectivity index (χ1v) is 11.0. The van der Waals surface area contributed by atoms with Crippen LogP contribution < -0.4 is 4.74 Å². The van der Waals surface area contributed by atoms with Gasteiger partial charge in [0.05, 0.1) is 12.7 Å². The minimum Gasteiger partial charge on any atom is -0.487 e. The molecule has 0 atom stereocenters. The summed E-state index contributed by atoms with van der Waals surface area (Å²) < 4.78 is 7.85. The number of fused-ring (bicyclic) bond motifs is 2. The van der Waals surface area contributed by atoms with E-state index in [4.69, 9.17) is 4.74 Å². The van der Waals surface area contributed by atoms with E-state index in [-0.39, 0.29) is 5.41 Å². The summed E-state index contributed by atoms with van der Waals surface area (Å²) >= 11 is 0. The fourth-order valence-corrected chi connectivity index (χ4v) is 4.13. The monoisotopic (exact) mass is 421 g/mol. The van der Waals surface area contributed by atoms with E-state index in [1.165, 1.54) is 32.7 Å². The molecule has 5 aromatic rings. The summed E-state index contributed by atoms with van der Waals surface area (Å²) in [5.41, 5.74) is 3.49. The second kappa shape index (κ2) is 8.12. The lowest BCUT2D eigenvalue weighted by atomic mass is 9.87. The van der Waals surface area contributed by atoms with Crippen LogP contribution in [0, 0.1) is 0 Å². The van der Waals surface area contributed by atoms with Crippen LogP contribution in [0.2, 0.25) is 0 Å². The van der Waals surface area contributed by atoms with Crippen molar-refractivity contribution in [3.8, 4) is 5.75 Å². The summed E-state index contributed by atoms with van der Waals surface area (Å²) in [6.07, 6.45) is 1.97. The molecule has 0 fully saturated rings. The summed E-state index contributed by atoms with van der Waals surface area (Å²) in [6, 6.07) is 27.6. The first kappa shape index (κ1) is 20.3. The number of hydrogen-bond acceptors (Lipinski definition) is 3. The Morgan fingerprint density at radius 3 is 2.06 bits per heavy atom. The van der Waals surface area contributed by atoms with Crippen LogP contribution >= 0.6 is 0 Å². The predicted molar refractivity (Wildman–Crippen MR) is 130 cm³/mol. The molecular weight excluding hydrogens is 394 g/mol. The molecule has 0 aliphatic heterocycles. The van der Waals surface area contributed by atoms with Crippen molar-refractivity contribution in [2.75, 3.05) is 0 Å². The van der Waals surface area contributed by atoms with Crippen molar-refractivity contribution in [3.05, 3.63) is 102 Å². The van der Waals surface area contributed by atoms with Gasteiger partial charge in [0.25, 0.3) is 0 Å². The van der Waals surface area contributed by atoms with Crippen LogP contribution in [0.15, 0.2) is 85.1 Å².